The average Bonchev–Trinajstić information content (AvgIpc) is 2.87. The summed E-state index contributed by atoms with van der Waals surface area (Å²) in [6.45, 7) is 6.61. The Morgan fingerprint density at radius 2 is 1.92 bits per heavy atom. The van der Waals surface area contributed by atoms with Crippen molar-refractivity contribution in [2.24, 2.45) is 5.10 Å². The number of fused-ring (bicyclic) bond motifs is 1. The van der Waals surface area contributed by atoms with Gasteiger partial charge in [-0.05, 0) is 77.4 Å². The van der Waals surface area contributed by atoms with Gasteiger partial charge in [0.05, 0.1) is 27.8 Å². The Bertz CT molecular complexity index is 1480. The van der Waals surface area contributed by atoms with Crippen molar-refractivity contribution in [2.45, 2.75) is 39.7 Å². The summed E-state index contributed by atoms with van der Waals surface area (Å²) >= 11 is 5.68. The van der Waals surface area contributed by atoms with Crippen LogP contribution in [-0.4, -0.2) is 23.0 Å². The van der Waals surface area contributed by atoms with Crippen LogP contribution in [-0.2, 0) is 6.61 Å². The van der Waals surface area contributed by atoms with Crippen LogP contribution in [0.5, 0.6) is 11.5 Å². The van der Waals surface area contributed by atoms with Crippen LogP contribution in [0.2, 0.25) is 0 Å². The Kier molecular flexibility index (Phi) is 8.46. The highest BCUT2D eigenvalue weighted by atomic mass is 127. The molecule has 6 nitrogen and oxygen atoms in total. The van der Waals surface area contributed by atoms with E-state index in [1.165, 1.54) is 10.2 Å². The first-order chi connectivity index (χ1) is 17.3. The molecule has 0 unspecified atom stereocenters. The molecule has 8 heteroatoms. The second-order valence-corrected chi connectivity index (χ2v) is 10.7. The second-order valence-electron chi connectivity index (χ2n) is 8.61. The number of aryl methyl sites for hydroxylation is 1. The van der Waals surface area contributed by atoms with Crippen LogP contribution in [0.1, 0.15) is 48.7 Å². The second kappa shape index (κ2) is 11.6. The fraction of sp³-hybridized carbons (Fsp3) is 0.250. The van der Waals surface area contributed by atoms with Gasteiger partial charge in [-0.25, -0.2) is 4.98 Å². The highest BCUT2D eigenvalue weighted by molar-refractivity contribution is 14.1. The highest BCUT2D eigenvalue weighted by Gasteiger charge is 2.16. The minimum atomic E-state index is -0.201. The number of ether oxygens (including phenoxy) is 2. The molecule has 36 heavy (non-hydrogen) atoms. The Morgan fingerprint density at radius 1 is 1.17 bits per heavy atom. The molecule has 0 saturated carbocycles. The summed E-state index contributed by atoms with van der Waals surface area (Å²) in [4.78, 5) is 18.1. The van der Waals surface area contributed by atoms with Crippen molar-refractivity contribution in [3.8, 4) is 11.5 Å². The van der Waals surface area contributed by atoms with Gasteiger partial charge in [0.1, 0.15) is 12.4 Å². The first-order valence-electron chi connectivity index (χ1n) is 11.6. The summed E-state index contributed by atoms with van der Waals surface area (Å²) in [5, 5.41) is 5.09. The van der Waals surface area contributed by atoms with Gasteiger partial charge in [-0.3, -0.25) is 4.79 Å². The molecular weight excluding hydrogens is 633 g/mol. The molecule has 1 aromatic heterocycles. The van der Waals surface area contributed by atoms with Crippen molar-refractivity contribution in [1.29, 1.82) is 0 Å². The van der Waals surface area contributed by atoms with E-state index >= 15 is 0 Å². The molecular formula is C28H27BrIN3O3. The van der Waals surface area contributed by atoms with Gasteiger partial charge in [0.25, 0.3) is 5.56 Å². The van der Waals surface area contributed by atoms with Gasteiger partial charge in [0.15, 0.2) is 11.5 Å². The lowest BCUT2D eigenvalue weighted by Gasteiger charge is -2.15. The summed E-state index contributed by atoms with van der Waals surface area (Å²) in [5.41, 5.74) is 3.54. The predicted octanol–water partition coefficient (Wildman–Crippen LogP) is 7.06. The summed E-state index contributed by atoms with van der Waals surface area (Å²) in [6.07, 6.45) is 2.50. The Balaban J connectivity index is 1.69. The van der Waals surface area contributed by atoms with Gasteiger partial charge in [-0.1, -0.05) is 59.6 Å². The van der Waals surface area contributed by atoms with E-state index < -0.39 is 0 Å². The number of nitrogens with zero attached hydrogens (tertiary/aromatic N) is 3. The molecule has 1 atom stereocenters. The van der Waals surface area contributed by atoms with Gasteiger partial charge in [-0.2, -0.15) is 9.78 Å². The average molecular weight is 660 g/mol. The van der Waals surface area contributed by atoms with Crippen molar-refractivity contribution in [3.63, 3.8) is 0 Å². The van der Waals surface area contributed by atoms with Crippen molar-refractivity contribution in [3.05, 3.63) is 95.5 Å². The van der Waals surface area contributed by atoms with Crippen molar-refractivity contribution < 1.29 is 9.47 Å². The first-order valence-corrected chi connectivity index (χ1v) is 13.5. The molecule has 4 aromatic rings. The fourth-order valence-corrected chi connectivity index (χ4v) is 4.84. The zero-order valence-corrected chi connectivity index (χ0v) is 24.3. The van der Waals surface area contributed by atoms with Crippen LogP contribution < -0.4 is 15.0 Å². The number of halogens is 2. The third-order valence-electron chi connectivity index (χ3n) is 5.96. The standard InChI is InChI=1S/C28H27BrIN3O3/c1-5-18(3)27-32-24-11-10-21(29)14-22(24)28(34)33(27)31-15-20-12-23(30)26(25(13-20)35-4)36-16-19-8-6-17(2)7-9-19/h6-15,18H,5,16H2,1-4H3/t18-/m0/s1. The van der Waals surface area contributed by atoms with E-state index in [1.807, 2.05) is 31.2 Å². The number of benzene rings is 3. The molecule has 0 aliphatic rings. The van der Waals surface area contributed by atoms with Gasteiger partial charge < -0.3 is 9.47 Å². The lowest BCUT2D eigenvalue weighted by molar-refractivity contribution is 0.282. The van der Waals surface area contributed by atoms with Crippen LogP contribution in [0.3, 0.4) is 0 Å². The molecule has 0 radical (unpaired) electrons. The SMILES string of the molecule is CC[C@H](C)c1nc2ccc(Br)cc2c(=O)n1N=Cc1cc(I)c(OCc2ccc(C)cc2)c(OC)c1. The largest absolute Gasteiger partial charge is 0.493 e. The number of aromatic nitrogens is 2. The molecule has 186 valence electrons. The van der Waals surface area contributed by atoms with Crippen LogP contribution >= 0.6 is 38.5 Å². The highest BCUT2D eigenvalue weighted by Crippen LogP contribution is 2.34. The molecule has 1 heterocycles. The Hall–Kier alpha value is -2.72. The number of hydrogen-bond acceptors (Lipinski definition) is 5. The quantitative estimate of drug-likeness (QED) is 0.150. The molecule has 0 saturated heterocycles. The predicted molar refractivity (Wildman–Crippen MR) is 157 cm³/mol. The summed E-state index contributed by atoms with van der Waals surface area (Å²) in [5.74, 6) is 1.97. The van der Waals surface area contributed by atoms with Gasteiger partial charge >= 0.3 is 0 Å². The van der Waals surface area contributed by atoms with E-state index in [0.29, 0.717) is 34.8 Å². The maximum Gasteiger partial charge on any atom is 0.282 e. The maximum absolute atomic E-state index is 13.4. The molecule has 0 N–H and O–H groups in total. The molecule has 3 aromatic carbocycles. The van der Waals surface area contributed by atoms with Crippen LogP contribution in [0.15, 0.2) is 69.0 Å². The molecule has 0 spiro atoms. The third kappa shape index (κ3) is 5.81. The van der Waals surface area contributed by atoms with E-state index in [4.69, 9.17) is 14.5 Å². The van der Waals surface area contributed by atoms with E-state index in [1.54, 1.807) is 19.4 Å². The zero-order chi connectivity index (χ0) is 25.8. The van der Waals surface area contributed by atoms with Crippen molar-refractivity contribution in [1.82, 2.24) is 9.66 Å². The van der Waals surface area contributed by atoms with Crippen LogP contribution in [0.4, 0.5) is 0 Å². The van der Waals surface area contributed by atoms with E-state index in [-0.39, 0.29) is 11.5 Å². The topological polar surface area (TPSA) is 65.7 Å². The van der Waals surface area contributed by atoms with E-state index in [9.17, 15) is 4.79 Å². The molecule has 0 amide bonds. The molecule has 0 bridgehead atoms. The number of rotatable bonds is 8. The van der Waals surface area contributed by atoms with E-state index in [0.717, 1.165) is 25.6 Å². The van der Waals surface area contributed by atoms with Crippen molar-refractivity contribution >= 4 is 55.6 Å². The van der Waals surface area contributed by atoms with Gasteiger partial charge in [-0.15, -0.1) is 0 Å². The normalized spacial score (nSPS) is 12.3. The lowest BCUT2D eigenvalue weighted by atomic mass is 10.1. The molecule has 0 aliphatic heterocycles. The summed E-state index contributed by atoms with van der Waals surface area (Å²) in [7, 11) is 1.61. The fourth-order valence-electron chi connectivity index (χ4n) is 3.70. The Labute approximate surface area is 232 Å². The Morgan fingerprint density at radius 3 is 2.61 bits per heavy atom. The third-order valence-corrected chi connectivity index (χ3v) is 7.26. The monoisotopic (exact) mass is 659 g/mol. The molecule has 0 aliphatic carbocycles. The van der Waals surface area contributed by atoms with E-state index in [2.05, 4.69) is 81.7 Å². The minimum Gasteiger partial charge on any atom is -0.493 e. The number of hydrogen-bond donors (Lipinski definition) is 0. The lowest BCUT2D eigenvalue weighted by Crippen LogP contribution is -2.23. The summed E-state index contributed by atoms with van der Waals surface area (Å²) < 4.78 is 14.8. The molecule has 0 fully saturated rings. The van der Waals surface area contributed by atoms with Crippen LogP contribution in [0, 0.1) is 10.5 Å². The maximum atomic E-state index is 13.4. The first kappa shape index (κ1) is 26.3. The molecule has 4 rings (SSSR count). The van der Waals surface area contributed by atoms with Crippen LogP contribution in [0.25, 0.3) is 10.9 Å². The van der Waals surface area contributed by atoms with Crippen molar-refractivity contribution in [2.75, 3.05) is 7.11 Å². The van der Waals surface area contributed by atoms with Gasteiger partial charge in [0, 0.05) is 10.4 Å². The van der Waals surface area contributed by atoms with Gasteiger partial charge in [0.2, 0.25) is 0 Å². The minimum absolute atomic E-state index is 0.0649. The smallest absolute Gasteiger partial charge is 0.282 e. The summed E-state index contributed by atoms with van der Waals surface area (Å²) in [6, 6.07) is 17.6. The zero-order valence-electron chi connectivity index (χ0n) is 20.6. The number of methoxy groups -OCH3 is 1.